The second kappa shape index (κ2) is 12.4. The van der Waals surface area contributed by atoms with Crippen LogP contribution in [0.25, 0.3) is 11.3 Å². The van der Waals surface area contributed by atoms with Crippen LogP contribution in [0.5, 0.6) is 5.75 Å². The molecule has 2 aromatic rings. The van der Waals surface area contributed by atoms with Crippen LogP contribution in [0, 0.1) is 11.3 Å². The Morgan fingerprint density at radius 1 is 1.27 bits per heavy atom. The van der Waals surface area contributed by atoms with Gasteiger partial charge >= 0.3 is 12.8 Å². The van der Waals surface area contributed by atoms with E-state index in [1.54, 1.807) is 6.92 Å². The van der Waals surface area contributed by atoms with Gasteiger partial charge in [0, 0.05) is 30.8 Å². The molecule has 1 aliphatic rings. The van der Waals surface area contributed by atoms with Crippen LogP contribution in [0.3, 0.4) is 0 Å². The van der Waals surface area contributed by atoms with Crippen LogP contribution < -0.4 is 10.1 Å². The van der Waals surface area contributed by atoms with E-state index in [9.17, 15) is 40.3 Å². The average Bonchev–Trinajstić information content (AvgIpc) is 3.17. The van der Waals surface area contributed by atoms with E-state index in [4.69, 9.17) is 11.6 Å². The number of amides is 1. The summed E-state index contributed by atoms with van der Waals surface area (Å²) in [5, 5.41) is 16.4. The van der Waals surface area contributed by atoms with E-state index in [1.807, 2.05) is 0 Å². The van der Waals surface area contributed by atoms with Crippen molar-refractivity contribution in [2.45, 2.75) is 77.1 Å². The lowest BCUT2D eigenvalue weighted by Gasteiger charge is -2.32. The second-order valence-corrected chi connectivity index (χ2v) is 13.6. The Morgan fingerprint density at radius 3 is 2.46 bits per heavy atom. The molecular formula is C26H33ClF5N3O5S. The number of hydrogen-bond donors (Lipinski definition) is 2. The molecule has 0 bridgehead atoms. The van der Waals surface area contributed by atoms with Crippen LogP contribution in [0.4, 0.5) is 22.0 Å². The predicted octanol–water partition coefficient (Wildman–Crippen LogP) is 5.26. The van der Waals surface area contributed by atoms with Crippen LogP contribution >= 0.6 is 11.6 Å². The van der Waals surface area contributed by atoms with Crippen molar-refractivity contribution < 1.29 is 45.0 Å². The first kappa shape index (κ1) is 33.1. The summed E-state index contributed by atoms with van der Waals surface area (Å²) in [5.41, 5.74) is -2.19. The van der Waals surface area contributed by atoms with E-state index in [2.05, 4.69) is 15.2 Å². The van der Waals surface area contributed by atoms with Crippen molar-refractivity contribution in [1.29, 1.82) is 0 Å². The van der Waals surface area contributed by atoms with Crippen LogP contribution in [-0.4, -0.2) is 66.2 Å². The fourth-order valence-electron chi connectivity index (χ4n) is 4.85. The number of hydrogen-bond acceptors (Lipinski definition) is 6. The molecule has 1 saturated carbocycles. The molecule has 0 saturated heterocycles. The standard InChI is InChI=1S/C26H33ClF5N3O5S/c1-5-35-22(17-9-6-14(10-19(17)40-24(28)29)12-25(2,3)26(30,31)32)20(27)21(34-35)23(37)33-13-15-7-8-16(11-18(15)36)41(4,38)39/h6,9-10,15-16,18,24,36H,5,7-8,11-13H2,1-4H3,(H,33,37)/t15-,16+,18+/m1/s1. The molecule has 3 atom stereocenters. The molecule has 1 aromatic heterocycles. The number of sulfone groups is 1. The highest BCUT2D eigenvalue weighted by atomic mass is 35.5. The number of aliphatic hydroxyl groups excluding tert-OH is 1. The highest BCUT2D eigenvalue weighted by molar-refractivity contribution is 7.91. The van der Waals surface area contributed by atoms with Crippen molar-refractivity contribution >= 4 is 27.3 Å². The fourth-order valence-corrected chi connectivity index (χ4v) is 6.29. The van der Waals surface area contributed by atoms with Gasteiger partial charge in [-0.1, -0.05) is 31.5 Å². The van der Waals surface area contributed by atoms with Crippen LogP contribution in [-0.2, 0) is 22.8 Å². The molecule has 1 heterocycles. The lowest BCUT2D eigenvalue weighted by Crippen LogP contribution is -2.41. The number of carbonyl (C=O) groups excluding carboxylic acids is 1. The van der Waals surface area contributed by atoms with Gasteiger partial charge in [-0.25, -0.2) is 8.42 Å². The quantitative estimate of drug-likeness (QED) is 0.347. The molecule has 1 aliphatic carbocycles. The van der Waals surface area contributed by atoms with Gasteiger partial charge in [0.25, 0.3) is 5.91 Å². The molecule has 8 nitrogen and oxygen atoms in total. The first-order valence-corrected chi connectivity index (χ1v) is 15.2. The first-order chi connectivity index (χ1) is 18.9. The van der Waals surface area contributed by atoms with Crippen LogP contribution in [0.15, 0.2) is 18.2 Å². The summed E-state index contributed by atoms with van der Waals surface area (Å²) in [6, 6.07) is 3.73. The van der Waals surface area contributed by atoms with Gasteiger partial charge in [0.1, 0.15) is 15.6 Å². The highest BCUT2D eigenvalue weighted by Gasteiger charge is 2.47. The summed E-state index contributed by atoms with van der Waals surface area (Å²) in [6.45, 7) is 0.553. The minimum Gasteiger partial charge on any atom is -0.434 e. The molecule has 0 unspecified atom stereocenters. The molecule has 3 rings (SSSR count). The van der Waals surface area contributed by atoms with Crippen molar-refractivity contribution in [3.8, 4) is 17.0 Å². The smallest absolute Gasteiger partial charge is 0.394 e. The lowest BCUT2D eigenvalue weighted by molar-refractivity contribution is -0.211. The molecule has 0 aliphatic heterocycles. The third kappa shape index (κ3) is 7.69. The van der Waals surface area contributed by atoms with Crippen molar-refractivity contribution in [3.05, 3.63) is 34.5 Å². The van der Waals surface area contributed by atoms with Crippen molar-refractivity contribution in [2.75, 3.05) is 12.8 Å². The summed E-state index contributed by atoms with van der Waals surface area (Å²) < 4.78 is 96.4. The molecule has 0 spiro atoms. The Kier molecular flexibility index (Phi) is 10.0. The fraction of sp³-hybridized carbons (Fsp3) is 0.615. The average molecular weight is 630 g/mol. The minimum atomic E-state index is -4.54. The van der Waals surface area contributed by atoms with Crippen molar-refractivity contribution in [1.82, 2.24) is 15.1 Å². The van der Waals surface area contributed by atoms with E-state index >= 15 is 0 Å². The van der Waals surface area contributed by atoms with Gasteiger partial charge in [-0.05, 0) is 50.3 Å². The van der Waals surface area contributed by atoms with Crippen LogP contribution in [0.1, 0.15) is 56.1 Å². The largest absolute Gasteiger partial charge is 0.434 e. The number of carbonyl (C=O) groups is 1. The number of halogens is 6. The van der Waals surface area contributed by atoms with Gasteiger partial charge in [-0.15, -0.1) is 0 Å². The third-order valence-corrected chi connectivity index (χ3v) is 9.38. The Labute approximate surface area is 240 Å². The molecule has 1 aromatic carbocycles. The van der Waals surface area contributed by atoms with E-state index in [-0.39, 0.29) is 47.0 Å². The maximum absolute atomic E-state index is 13.4. The summed E-state index contributed by atoms with van der Waals surface area (Å²) in [4.78, 5) is 13.0. The van der Waals surface area contributed by atoms with Crippen molar-refractivity contribution in [3.63, 3.8) is 0 Å². The Hall–Kier alpha value is -2.45. The zero-order chi connectivity index (χ0) is 30.9. The number of benzene rings is 1. The van der Waals surface area contributed by atoms with Gasteiger partial charge in [-0.2, -0.15) is 27.1 Å². The molecule has 1 amide bonds. The van der Waals surface area contributed by atoms with Gasteiger partial charge in [0.15, 0.2) is 5.69 Å². The number of aryl methyl sites for hydroxylation is 1. The summed E-state index contributed by atoms with van der Waals surface area (Å²) in [5.74, 6) is -1.53. The summed E-state index contributed by atoms with van der Waals surface area (Å²) in [6.07, 6.45) is -4.10. The van der Waals surface area contributed by atoms with E-state index in [1.165, 1.54) is 16.8 Å². The third-order valence-electron chi connectivity index (χ3n) is 7.38. The molecule has 15 heteroatoms. The topological polar surface area (TPSA) is 111 Å². The molecule has 1 fully saturated rings. The SMILES string of the molecule is CCn1nc(C(=O)NC[C@H]2CC[C@H](S(C)(=O)=O)C[C@@H]2O)c(Cl)c1-c1ccc(CC(C)(C)C(F)(F)F)cc1OC(F)F. The molecular weight excluding hydrogens is 597 g/mol. The number of aromatic nitrogens is 2. The Morgan fingerprint density at radius 2 is 1.93 bits per heavy atom. The number of aliphatic hydroxyl groups is 1. The van der Waals surface area contributed by atoms with E-state index < -0.39 is 63.4 Å². The highest BCUT2D eigenvalue weighted by Crippen LogP contribution is 2.43. The lowest BCUT2D eigenvalue weighted by atomic mass is 9.84. The minimum absolute atomic E-state index is 0.00628. The summed E-state index contributed by atoms with van der Waals surface area (Å²) in [7, 11) is -3.31. The summed E-state index contributed by atoms with van der Waals surface area (Å²) >= 11 is 6.52. The number of nitrogens with one attached hydrogen (secondary N) is 1. The maximum Gasteiger partial charge on any atom is 0.394 e. The zero-order valence-electron chi connectivity index (χ0n) is 22.9. The van der Waals surface area contributed by atoms with E-state index in [0.717, 1.165) is 26.2 Å². The second-order valence-electron chi connectivity index (χ2n) is 10.9. The number of alkyl halides is 5. The van der Waals surface area contributed by atoms with Gasteiger partial charge in [0.2, 0.25) is 0 Å². The van der Waals surface area contributed by atoms with Gasteiger partial charge < -0.3 is 15.2 Å². The zero-order valence-corrected chi connectivity index (χ0v) is 24.5. The molecule has 2 N–H and O–H groups in total. The molecule has 230 valence electrons. The number of ether oxygens (including phenoxy) is 1. The van der Waals surface area contributed by atoms with Gasteiger partial charge in [-0.3, -0.25) is 9.48 Å². The molecule has 41 heavy (non-hydrogen) atoms. The Bertz CT molecular complexity index is 1360. The number of nitrogens with zero attached hydrogens (tertiary/aromatic N) is 2. The van der Waals surface area contributed by atoms with E-state index in [0.29, 0.717) is 12.8 Å². The maximum atomic E-state index is 13.4. The predicted molar refractivity (Wildman–Crippen MR) is 143 cm³/mol. The monoisotopic (exact) mass is 629 g/mol. The van der Waals surface area contributed by atoms with Gasteiger partial charge in [0.05, 0.1) is 27.5 Å². The number of rotatable bonds is 10. The Balaban J connectivity index is 1.88. The normalized spacial score (nSPS) is 20.3. The molecule has 0 radical (unpaired) electrons. The van der Waals surface area contributed by atoms with Crippen LogP contribution in [0.2, 0.25) is 5.02 Å². The van der Waals surface area contributed by atoms with Crippen molar-refractivity contribution in [2.24, 2.45) is 11.3 Å². The first-order valence-electron chi connectivity index (χ1n) is 12.9.